The Morgan fingerprint density at radius 3 is 2.73 bits per heavy atom. The minimum absolute atomic E-state index is 0.118. The highest BCUT2D eigenvalue weighted by Crippen LogP contribution is 2.44. The number of carbonyl (C=O) groups excluding carboxylic acids is 1. The highest BCUT2D eigenvalue weighted by Gasteiger charge is 2.48. The Bertz CT molecular complexity index is 1400. The Kier molecular flexibility index (Phi) is 4.76. The number of aromatic nitrogens is 7. The number of nitrogens with one attached hydrogen (secondary N) is 1. The van der Waals surface area contributed by atoms with Crippen LogP contribution in [0.1, 0.15) is 43.8 Å². The fourth-order valence-corrected chi connectivity index (χ4v) is 4.11. The third kappa shape index (κ3) is 3.19. The first-order valence-electron chi connectivity index (χ1n) is 10.6. The van der Waals surface area contributed by atoms with Gasteiger partial charge in [0.1, 0.15) is 34.4 Å². The van der Waals surface area contributed by atoms with Gasteiger partial charge in [-0.05, 0) is 25.5 Å². The maximum atomic E-state index is 13.4. The number of carbonyl (C=O) groups is 1. The zero-order chi connectivity index (χ0) is 23.3. The standard InChI is InChI=1S/C22H22FN9O/c1-4-5-6-14-27-16(12-10-26-32(3)20(12)28-14)19-29-17(24)15-18(30-19)31-21(33)22(15,2)13-8-7-11(23)9-25-13/h7-10H,4-6H2,1-3H3,(H3,24,29,30,31,33). The average molecular weight is 447 g/mol. The Morgan fingerprint density at radius 2 is 2.00 bits per heavy atom. The van der Waals surface area contributed by atoms with Crippen LogP contribution in [0.15, 0.2) is 24.5 Å². The van der Waals surface area contributed by atoms with Crippen molar-refractivity contribution in [2.75, 3.05) is 11.1 Å². The molecule has 0 saturated carbocycles. The van der Waals surface area contributed by atoms with Gasteiger partial charge in [0.2, 0.25) is 5.91 Å². The number of anilines is 2. The van der Waals surface area contributed by atoms with E-state index in [0.29, 0.717) is 40.2 Å². The summed E-state index contributed by atoms with van der Waals surface area (Å²) in [4.78, 5) is 35.6. The van der Waals surface area contributed by atoms with Gasteiger partial charge in [0.05, 0.1) is 29.0 Å². The molecule has 0 fully saturated rings. The summed E-state index contributed by atoms with van der Waals surface area (Å²) in [6.45, 7) is 3.77. The van der Waals surface area contributed by atoms with Crippen LogP contribution in [0.4, 0.5) is 16.0 Å². The van der Waals surface area contributed by atoms with Gasteiger partial charge < -0.3 is 11.1 Å². The molecule has 5 heterocycles. The molecular formula is C22H22FN9O. The largest absolute Gasteiger partial charge is 0.383 e. The second-order valence-electron chi connectivity index (χ2n) is 8.19. The summed E-state index contributed by atoms with van der Waals surface area (Å²) in [5.41, 5.74) is 7.03. The fraction of sp³-hybridized carbons (Fsp3) is 0.318. The van der Waals surface area contributed by atoms with Gasteiger partial charge in [0, 0.05) is 13.5 Å². The van der Waals surface area contributed by atoms with Crippen LogP contribution in [0.2, 0.25) is 0 Å². The predicted octanol–water partition coefficient (Wildman–Crippen LogP) is 2.54. The number of aryl methyl sites for hydroxylation is 2. The number of hydrogen-bond acceptors (Lipinski definition) is 8. The van der Waals surface area contributed by atoms with E-state index >= 15 is 0 Å². The highest BCUT2D eigenvalue weighted by molar-refractivity contribution is 6.09. The SMILES string of the molecule is CCCCc1nc(-c2nc(N)c3c(n2)NC(=O)C3(C)c2ccc(F)cn2)c2cnn(C)c2n1. The summed E-state index contributed by atoms with van der Waals surface area (Å²) >= 11 is 0. The molecule has 5 rings (SSSR count). The number of amides is 1. The van der Waals surface area contributed by atoms with Gasteiger partial charge in [-0.3, -0.25) is 14.5 Å². The third-order valence-electron chi connectivity index (χ3n) is 5.97. The molecule has 0 radical (unpaired) electrons. The van der Waals surface area contributed by atoms with E-state index in [4.69, 9.17) is 10.7 Å². The zero-order valence-electron chi connectivity index (χ0n) is 18.4. The van der Waals surface area contributed by atoms with Gasteiger partial charge in [0.15, 0.2) is 11.5 Å². The number of unbranched alkanes of at least 4 members (excludes halogenated alkanes) is 1. The predicted molar refractivity (Wildman–Crippen MR) is 120 cm³/mol. The second-order valence-corrected chi connectivity index (χ2v) is 8.19. The first-order chi connectivity index (χ1) is 15.8. The summed E-state index contributed by atoms with van der Waals surface area (Å²) < 4.78 is 15.1. The monoisotopic (exact) mass is 447 g/mol. The van der Waals surface area contributed by atoms with Gasteiger partial charge in [-0.1, -0.05) is 13.3 Å². The lowest BCUT2D eigenvalue weighted by Crippen LogP contribution is -2.34. The minimum Gasteiger partial charge on any atom is -0.383 e. The number of hydrogen-bond donors (Lipinski definition) is 2. The van der Waals surface area contributed by atoms with Crippen molar-refractivity contribution in [1.82, 2.24) is 34.7 Å². The lowest BCUT2D eigenvalue weighted by Gasteiger charge is -2.22. The topological polar surface area (TPSA) is 137 Å². The third-order valence-corrected chi connectivity index (χ3v) is 5.97. The Hall–Kier alpha value is -4.02. The summed E-state index contributed by atoms with van der Waals surface area (Å²) in [5.74, 6) is 0.460. The molecule has 10 nitrogen and oxygen atoms in total. The smallest absolute Gasteiger partial charge is 0.242 e. The average Bonchev–Trinajstić information content (AvgIpc) is 3.29. The molecule has 1 aliphatic rings. The van der Waals surface area contributed by atoms with Crippen LogP contribution >= 0.6 is 0 Å². The Balaban J connectivity index is 1.68. The van der Waals surface area contributed by atoms with Crippen molar-refractivity contribution in [2.24, 2.45) is 7.05 Å². The second kappa shape index (κ2) is 7.54. The molecule has 1 atom stereocenters. The maximum absolute atomic E-state index is 13.4. The summed E-state index contributed by atoms with van der Waals surface area (Å²) in [7, 11) is 1.81. The first kappa shape index (κ1) is 20.9. The van der Waals surface area contributed by atoms with Crippen molar-refractivity contribution in [1.29, 1.82) is 0 Å². The molecule has 11 heteroatoms. The molecule has 4 aromatic rings. The molecule has 0 aromatic carbocycles. The van der Waals surface area contributed by atoms with Crippen molar-refractivity contribution in [3.8, 4) is 11.5 Å². The molecule has 0 aliphatic carbocycles. The Morgan fingerprint density at radius 1 is 1.18 bits per heavy atom. The van der Waals surface area contributed by atoms with Gasteiger partial charge in [-0.2, -0.15) is 5.10 Å². The quantitative estimate of drug-likeness (QED) is 0.476. The van der Waals surface area contributed by atoms with Gasteiger partial charge >= 0.3 is 0 Å². The lowest BCUT2D eigenvalue weighted by molar-refractivity contribution is -0.119. The minimum atomic E-state index is -1.26. The molecule has 1 unspecified atom stereocenters. The van der Waals surface area contributed by atoms with Crippen LogP contribution in [0.25, 0.3) is 22.6 Å². The van der Waals surface area contributed by atoms with E-state index in [1.807, 2.05) is 7.05 Å². The highest BCUT2D eigenvalue weighted by atomic mass is 19.1. The van der Waals surface area contributed by atoms with Crippen LogP contribution in [0.3, 0.4) is 0 Å². The molecule has 4 aromatic heterocycles. The van der Waals surface area contributed by atoms with E-state index in [9.17, 15) is 9.18 Å². The number of nitrogens with two attached hydrogens (primary N) is 1. The van der Waals surface area contributed by atoms with E-state index in [0.717, 1.165) is 19.0 Å². The van der Waals surface area contributed by atoms with Gasteiger partial charge in [-0.25, -0.2) is 24.3 Å². The fourth-order valence-electron chi connectivity index (χ4n) is 4.11. The summed E-state index contributed by atoms with van der Waals surface area (Å²) in [6, 6.07) is 2.71. The van der Waals surface area contributed by atoms with Crippen LogP contribution in [0, 0.1) is 5.82 Å². The normalized spacial score (nSPS) is 17.4. The molecular weight excluding hydrogens is 425 g/mol. The molecule has 0 bridgehead atoms. The molecule has 0 spiro atoms. The van der Waals surface area contributed by atoms with Crippen molar-refractivity contribution < 1.29 is 9.18 Å². The molecule has 3 N–H and O–H groups in total. The summed E-state index contributed by atoms with van der Waals surface area (Å²) in [5, 5.41) is 7.77. The molecule has 0 saturated heterocycles. The van der Waals surface area contributed by atoms with Crippen molar-refractivity contribution in [2.45, 2.75) is 38.5 Å². The van der Waals surface area contributed by atoms with Crippen LogP contribution in [-0.2, 0) is 23.7 Å². The van der Waals surface area contributed by atoms with Crippen LogP contribution in [0.5, 0.6) is 0 Å². The lowest BCUT2D eigenvalue weighted by atomic mass is 9.81. The zero-order valence-corrected chi connectivity index (χ0v) is 18.4. The van der Waals surface area contributed by atoms with Crippen molar-refractivity contribution >= 4 is 28.6 Å². The van der Waals surface area contributed by atoms with Crippen molar-refractivity contribution in [3.05, 3.63) is 47.4 Å². The number of fused-ring (bicyclic) bond motifs is 2. The number of pyridine rings is 1. The van der Waals surface area contributed by atoms with Gasteiger partial charge in [-0.15, -0.1) is 0 Å². The molecule has 1 amide bonds. The summed E-state index contributed by atoms with van der Waals surface area (Å²) in [6.07, 6.45) is 5.37. The van der Waals surface area contributed by atoms with Gasteiger partial charge in [0.25, 0.3) is 0 Å². The van der Waals surface area contributed by atoms with Crippen LogP contribution < -0.4 is 11.1 Å². The van der Waals surface area contributed by atoms with E-state index in [-0.39, 0.29) is 23.4 Å². The van der Waals surface area contributed by atoms with Crippen molar-refractivity contribution in [3.63, 3.8) is 0 Å². The van der Waals surface area contributed by atoms with E-state index in [1.54, 1.807) is 17.8 Å². The number of halogens is 1. The number of nitrogen functional groups attached to an aromatic ring is 1. The molecule has 1 aliphatic heterocycles. The van der Waals surface area contributed by atoms with E-state index < -0.39 is 11.2 Å². The Labute approximate surface area is 188 Å². The molecule has 168 valence electrons. The van der Waals surface area contributed by atoms with Crippen LogP contribution in [-0.4, -0.2) is 40.6 Å². The molecule has 33 heavy (non-hydrogen) atoms. The number of rotatable bonds is 5. The number of nitrogens with zero attached hydrogens (tertiary/aromatic N) is 7. The van der Waals surface area contributed by atoms with E-state index in [2.05, 4.69) is 37.3 Å². The first-order valence-corrected chi connectivity index (χ1v) is 10.6. The van der Waals surface area contributed by atoms with E-state index in [1.165, 1.54) is 12.1 Å². The maximum Gasteiger partial charge on any atom is 0.242 e.